The minimum Gasteiger partial charge on any atom is -0.449 e. The number of nitrogens with two attached hydrogens (primary N) is 1. The van der Waals surface area contributed by atoms with Crippen LogP contribution in [-0.2, 0) is 4.74 Å². The van der Waals surface area contributed by atoms with Gasteiger partial charge in [-0.1, -0.05) is 11.6 Å². The lowest BCUT2D eigenvalue weighted by atomic mass is 10.1. The number of hydrogen-bond donors (Lipinski definition) is 1. The maximum Gasteiger partial charge on any atom is 0.361 e. The number of benzene rings is 1. The molecule has 2 aromatic heterocycles. The Labute approximate surface area is 167 Å². The first kappa shape index (κ1) is 19.6. The topological polar surface area (TPSA) is 100 Å². The van der Waals surface area contributed by atoms with Gasteiger partial charge >= 0.3 is 5.97 Å². The Kier molecular flexibility index (Phi) is 5.46. The second-order valence-corrected chi connectivity index (χ2v) is 6.74. The van der Waals surface area contributed by atoms with Crippen molar-refractivity contribution in [2.75, 3.05) is 5.73 Å². The lowest BCUT2D eigenvalue weighted by molar-refractivity contribution is 0.0313. The monoisotopic (exact) mass is 398 g/mol. The molecule has 0 saturated heterocycles. The number of nitrogen functional groups attached to an aromatic ring is 1. The molecule has 0 spiro atoms. The number of rotatable bonds is 5. The number of carbonyl (C=O) groups excluding carboxylic acids is 2. The van der Waals surface area contributed by atoms with Crippen LogP contribution in [0, 0.1) is 13.8 Å². The molecule has 28 heavy (non-hydrogen) atoms. The number of halogens is 1. The first-order valence-electron chi connectivity index (χ1n) is 8.56. The highest BCUT2D eigenvalue weighted by molar-refractivity contribution is 6.30. The molecular formula is C20H19ClN4O3. The smallest absolute Gasteiger partial charge is 0.361 e. The van der Waals surface area contributed by atoms with Crippen molar-refractivity contribution in [3.63, 3.8) is 0 Å². The Morgan fingerprint density at radius 3 is 2.43 bits per heavy atom. The molecule has 0 unspecified atom stereocenters. The standard InChI is InChI=1S/C20H19ClN4O3/c1-11-10-16(12(2)25(11)15-6-4-14(21)5-7-15)18(26)13(3)28-20(27)17-19(22)24-9-8-23-17/h4-10,13H,1-3H3,(H2,22,24)/t13-/m1/s1. The van der Waals surface area contributed by atoms with E-state index in [4.69, 9.17) is 22.1 Å². The van der Waals surface area contributed by atoms with Crippen LogP contribution in [0.5, 0.6) is 0 Å². The van der Waals surface area contributed by atoms with Crippen molar-refractivity contribution in [3.8, 4) is 5.69 Å². The largest absolute Gasteiger partial charge is 0.449 e. The Balaban J connectivity index is 1.84. The van der Waals surface area contributed by atoms with Gasteiger partial charge in [0.1, 0.15) is 0 Å². The average Bonchev–Trinajstić information content (AvgIpc) is 2.96. The number of nitrogens with zero attached hydrogens (tertiary/aromatic N) is 3. The number of aryl methyl sites for hydroxylation is 1. The molecule has 2 N–H and O–H groups in total. The zero-order valence-electron chi connectivity index (χ0n) is 15.6. The van der Waals surface area contributed by atoms with Crippen LogP contribution in [0.25, 0.3) is 5.69 Å². The molecule has 3 rings (SSSR count). The SMILES string of the molecule is Cc1cc(C(=O)[C@@H](C)OC(=O)c2nccnc2N)c(C)n1-c1ccc(Cl)cc1. The van der Waals surface area contributed by atoms with Crippen LogP contribution in [0.15, 0.2) is 42.7 Å². The molecule has 1 aromatic carbocycles. The van der Waals surface area contributed by atoms with Crippen LogP contribution >= 0.6 is 11.6 Å². The predicted octanol–water partition coefficient (Wildman–Crippen LogP) is 3.55. The third-order valence-corrected chi connectivity index (χ3v) is 4.61. The Hall–Kier alpha value is -3.19. The van der Waals surface area contributed by atoms with Crippen LogP contribution < -0.4 is 5.73 Å². The second kappa shape index (κ2) is 7.82. The number of Topliss-reactive ketones (excluding diaryl/α,β-unsaturated/α-hetero) is 1. The first-order chi connectivity index (χ1) is 13.3. The van der Waals surface area contributed by atoms with Gasteiger partial charge in [0.15, 0.2) is 17.6 Å². The molecule has 0 saturated carbocycles. The average molecular weight is 399 g/mol. The van der Waals surface area contributed by atoms with Crippen LogP contribution in [-0.4, -0.2) is 32.4 Å². The summed E-state index contributed by atoms with van der Waals surface area (Å²) in [4.78, 5) is 32.8. The van der Waals surface area contributed by atoms with Gasteiger partial charge in [-0.2, -0.15) is 0 Å². The third kappa shape index (κ3) is 3.75. The number of ketones is 1. The zero-order chi connectivity index (χ0) is 20.4. The molecule has 2 heterocycles. The molecule has 0 amide bonds. The third-order valence-electron chi connectivity index (χ3n) is 4.35. The highest BCUT2D eigenvalue weighted by atomic mass is 35.5. The van der Waals surface area contributed by atoms with Crippen LogP contribution in [0.2, 0.25) is 5.02 Å². The quantitative estimate of drug-likeness (QED) is 0.521. The van der Waals surface area contributed by atoms with Gasteiger partial charge in [-0.25, -0.2) is 14.8 Å². The summed E-state index contributed by atoms with van der Waals surface area (Å²) in [6.07, 6.45) is 1.69. The normalized spacial score (nSPS) is 11.9. The van der Waals surface area contributed by atoms with E-state index in [2.05, 4.69) is 9.97 Å². The summed E-state index contributed by atoms with van der Waals surface area (Å²) in [5.41, 5.74) is 8.49. The fourth-order valence-corrected chi connectivity index (χ4v) is 3.12. The number of aromatic nitrogens is 3. The molecule has 0 aliphatic rings. The molecular weight excluding hydrogens is 380 g/mol. The molecule has 7 nitrogen and oxygen atoms in total. The summed E-state index contributed by atoms with van der Waals surface area (Å²) in [5.74, 6) is -1.16. The van der Waals surface area contributed by atoms with Gasteiger partial charge in [-0.15, -0.1) is 0 Å². The predicted molar refractivity (Wildman–Crippen MR) is 106 cm³/mol. The Morgan fingerprint density at radius 1 is 1.14 bits per heavy atom. The number of carbonyl (C=O) groups is 2. The second-order valence-electron chi connectivity index (χ2n) is 6.30. The highest BCUT2D eigenvalue weighted by Crippen LogP contribution is 2.24. The number of hydrogen-bond acceptors (Lipinski definition) is 6. The van der Waals surface area contributed by atoms with Gasteiger partial charge in [0, 0.05) is 40.1 Å². The number of ether oxygens (including phenoxy) is 1. The maximum absolute atomic E-state index is 12.9. The van der Waals surface area contributed by atoms with Crippen molar-refractivity contribution in [1.82, 2.24) is 14.5 Å². The van der Waals surface area contributed by atoms with Gasteiger partial charge in [-0.05, 0) is 51.1 Å². The van der Waals surface area contributed by atoms with Crippen molar-refractivity contribution >= 4 is 29.2 Å². The first-order valence-corrected chi connectivity index (χ1v) is 8.94. The van der Waals surface area contributed by atoms with Crippen LogP contribution in [0.4, 0.5) is 5.82 Å². The summed E-state index contributed by atoms with van der Waals surface area (Å²) in [5, 5.41) is 0.631. The van der Waals surface area contributed by atoms with Crippen molar-refractivity contribution in [2.45, 2.75) is 26.9 Å². The molecule has 8 heteroatoms. The van der Waals surface area contributed by atoms with Gasteiger partial charge in [0.25, 0.3) is 0 Å². The lowest BCUT2D eigenvalue weighted by Gasteiger charge is -2.13. The van der Waals surface area contributed by atoms with Crippen molar-refractivity contribution in [2.24, 2.45) is 0 Å². The molecule has 0 fully saturated rings. The number of esters is 1. The van der Waals surface area contributed by atoms with E-state index in [9.17, 15) is 9.59 Å². The summed E-state index contributed by atoms with van der Waals surface area (Å²) >= 11 is 5.96. The summed E-state index contributed by atoms with van der Waals surface area (Å²) in [6, 6.07) is 9.08. The molecule has 144 valence electrons. The molecule has 0 radical (unpaired) electrons. The van der Waals surface area contributed by atoms with Crippen molar-refractivity contribution in [1.29, 1.82) is 0 Å². The van der Waals surface area contributed by atoms with Crippen molar-refractivity contribution in [3.05, 3.63) is 70.4 Å². The van der Waals surface area contributed by atoms with Gasteiger partial charge < -0.3 is 15.0 Å². The Morgan fingerprint density at radius 2 is 1.79 bits per heavy atom. The molecule has 3 aromatic rings. The Bertz CT molecular complexity index is 1040. The van der Waals surface area contributed by atoms with E-state index in [0.29, 0.717) is 10.6 Å². The summed E-state index contributed by atoms with van der Waals surface area (Å²) in [6.45, 7) is 5.25. The molecule has 1 atom stereocenters. The van der Waals surface area contributed by atoms with Gasteiger partial charge in [0.05, 0.1) is 0 Å². The van der Waals surface area contributed by atoms with E-state index < -0.39 is 12.1 Å². The molecule has 0 bridgehead atoms. The highest BCUT2D eigenvalue weighted by Gasteiger charge is 2.26. The van der Waals surface area contributed by atoms with E-state index in [1.165, 1.54) is 19.3 Å². The zero-order valence-corrected chi connectivity index (χ0v) is 16.4. The maximum atomic E-state index is 12.9. The van der Waals surface area contributed by atoms with E-state index in [1.54, 1.807) is 18.2 Å². The van der Waals surface area contributed by atoms with Crippen LogP contribution in [0.3, 0.4) is 0 Å². The molecule has 0 aliphatic heterocycles. The van der Waals surface area contributed by atoms with E-state index in [-0.39, 0.29) is 17.3 Å². The van der Waals surface area contributed by atoms with Gasteiger partial charge in [-0.3, -0.25) is 4.79 Å². The van der Waals surface area contributed by atoms with Crippen molar-refractivity contribution < 1.29 is 14.3 Å². The van der Waals surface area contributed by atoms with Crippen LogP contribution in [0.1, 0.15) is 39.2 Å². The minimum atomic E-state index is -1.01. The van der Waals surface area contributed by atoms with E-state index in [1.807, 2.05) is 30.5 Å². The summed E-state index contributed by atoms with van der Waals surface area (Å²) in [7, 11) is 0. The van der Waals surface area contributed by atoms with E-state index >= 15 is 0 Å². The fourth-order valence-electron chi connectivity index (χ4n) is 2.99. The molecule has 0 aliphatic carbocycles. The van der Waals surface area contributed by atoms with Gasteiger partial charge in [0.2, 0.25) is 5.78 Å². The summed E-state index contributed by atoms with van der Waals surface area (Å²) < 4.78 is 7.20. The minimum absolute atomic E-state index is 0.0481. The lowest BCUT2D eigenvalue weighted by Crippen LogP contribution is -2.26. The number of anilines is 1. The fraction of sp³-hybridized carbons (Fsp3) is 0.200. The van der Waals surface area contributed by atoms with E-state index in [0.717, 1.165) is 17.1 Å².